The van der Waals surface area contributed by atoms with Crippen LogP contribution in [0.3, 0.4) is 0 Å². The summed E-state index contributed by atoms with van der Waals surface area (Å²) in [5, 5.41) is 2.97. The van der Waals surface area contributed by atoms with E-state index in [-0.39, 0.29) is 18.2 Å². The van der Waals surface area contributed by atoms with Crippen molar-refractivity contribution < 1.29 is 9.53 Å². The predicted octanol–water partition coefficient (Wildman–Crippen LogP) is 4.72. The van der Waals surface area contributed by atoms with E-state index in [1.54, 1.807) is 0 Å². The highest BCUT2D eigenvalue weighted by atomic mass is 16.6. The zero-order chi connectivity index (χ0) is 20.3. The lowest BCUT2D eigenvalue weighted by molar-refractivity contribution is 0.0497. The number of carbonyl (C=O) groups excluding carboxylic acids is 1. The van der Waals surface area contributed by atoms with Crippen molar-refractivity contribution in [1.29, 1.82) is 0 Å². The van der Waals surface area contributed by atoms with Crippen molar-refractivity contribution >= 4 is 6.09 Å². The highest BCUT2D eigenvalue weighted by molar-refractivity contribution is 5.68. The maximum Gasteiger partial charge on any atom is 0.407 e. The molecule has 1 amide bonds. The second-order valence-corrected chi connectivity index (χ2v) is 8.79. The Morgan fingerprint density at radius 2 is 1.57 bits per heavy atom. The smallest absolute Gasteiger partial charge is 0.407 e. The normalized spacial score (nSPS) is 15.4. The molecule has 1 atom stereocenters. The predicted molar refractivity (Wildman–Crippen MR) is 114 cm³/mol. The number of rotatable bonds is 4. The van der Waals surface area contributed by atoms with Gasteiger partial charge in [0.2, 0.25) is 0 Å². The minimum absolute atomic E-state index is 0.0255. The minimum Gasteiger partial charge on any atom is -0.444 e. The highest BCUT2D eigenvalue weighted by Gasteiger charge is 2.28. The van der Waals surface area contributed by atoms with Crippen LogP contribution in [0.4, 0.5) is 4.79 Å². The van der Waals surface area contributed by atoms with E-state index in [0.717, 1.165) is 19.4 Å². The van der Waals surface area contributed by atoms with Crippen molar-refractivity contribution in [3.63, 3.8) is 0 Å². The highest BCUT2D eigenvalue weighted by Crippen LogP contribution is 2.36. The molecule has 1 aliphatic rings. The van der Waals surface area contributed by atoms with Crippen molar-refractivity contribution in [2.75, 3.05) is 13.6 Å². The summed E-state index contributed by atoms with van der Waals surface area (Å²) >= 11 is 0. The first kappa shape index (κ1) is 20.4. The van der Waals surface area contributed by atoms with Crippen LogP contribution in [0.1, 0.15) is 56.0 Å². The molecule has 1 unspecified atom stereocenters. The van der Waals surface area contributed by atoms with Gasteiger partial charge in [-0.1, -0.05) is 48.5 Å². The summed E-state index contributed by atoms with van der Waals surface area (Å²) in [7, 11) is 2.14. The molecule has 28 heavy (non-hydrogen) atoms. The molecule has 0 heterocycles. The van der Waals surface area contributed by atoms with Crippen molar-refractivity contribution in [3.05, 3.63) is 70.8 Å². The lowest BCUT2D eigenvalue weighted by Crippen LogP contribution is -2.44. The zero-order valence-electron chi connectivity index (χ0n) is 17.7. The number of benzene rings is 2. The van der Waals surface area contributed by atoms with Crippen LogP contribution in [0.2, 0.25) is 0 Å². The van der Waals surface area contributed by atoms with Crippen LogP contribution in [0, 0.1) is 0 Å². The Kier molecular flexibility index (Phi) is 6.09. The van der Waals surface area contributed by atoms with Gasteiger partial charge < -0.3 is 10.1 Å². The summed E-state index contributed by atoms with van der Waals surface area (Å²) in [6.07, 6.45) is 1.75. The monoisotopic (exact) mass is 380 g/mol. The van der Waals surface area contributed by atoms with Gasteiger partial charge in [0.25, 0.3) is 0 Å². The van der Waals surface area contributed by atoms with Gasteiger partial charge in [-0.15, -0.1) is 0 Å². The minimum atomic E-state index is -0.491. The molecule has 3 rings (SSSR count). The Balaban J connectivity index is 1.81. The number of nitrogens with zero attached hydrogens (tertiary/aromatic N) is 1. The fourth-order valence-corrected chi connectivity index (χ4v) is 4.06. The zero-order valence-corrected chi connectivity index (χ0v) is 17.7. The first-order chi connectivity index (χ1) is 13.2. The topological polar surface area (TPSA) is 41.6 Å². The van der Waals surface area contributed by atoms with Crippen LogP contribution in [-0.4, -0.2) is 36.2 Å². The maximum atomic E-state index is 12.1. The van der Waals surface area contributed by atoms with Crippen molar-refractivity contribution in [2.24, 2.45) is 0 Å². The van der Waals surface area contributed by atoms with Gasteiger partial charge in [0.1, 0.15) is 5.60 Å². The van der Waals surface area contributed by atoms with Crippen molar-refractivity contribution in [3.8, 4) is 0 Å². The third-order valence-electron chi connectivity index (χ3n) is 5.13. The van der Waals surface area contributed by atoms with Crippen LogP contribution in [0.5, 0.6) is 0 Å². The molecule has 0 radical (unpaired) electrons. The van der Waals surface area contributed by atoms with Gasteiger partial charge >= 0.3 is 6.09 Å². The van der Waals surface area contributed by atoms with E-state index in [1.165, 1.54) is 22.3 Å². The van der Waals surface area contributed by atoms with Gasteiger partial charge in [0, 0.05) is 12.6 Å². The van der Waals surface area contributed by atoms with Crippen LogP contribution < -0.4 is 5.32 Å². The number of amides is 1. The van der Waals surface area contributed by atoms with Gasteiger partial charge in [0.15, 0.2) is 0 Å². The lowest BCUT2D eigenvalue weighted by atomic mass is 9.93. The van der Waals surface area contributed by atoms with Crippen LogP contribution in [-0.2, 0) is 17.6 Å². The largest absolute Gasteiger partial charge is 0.444 e. The number of carbonyl (C=O) groups is 1. The fraction of sp³-hybridized carbons (Fsp3) is 0.458. The molecule has 2 aromatic carbocycles. The third-order valence-corrected chi connectivity index (χ3v) is 5.13. The van der Waals surface area contributed by atoms with E-state index >= 15 is 0 Å². The van der Waals surface area contributed by atoms with Gasteiger partial charge in [-0.3, -0.25) is 4.90 Å². The second-order valence-electron chi connectivity index (χ2n) is 8.79. The summed E-state index contributed by atoms with van der Waals surface area (Å²) < 4.78 is 5.40. The molecule has 150 valence electrons. The van der Waals surface area contributed by atoms with Crippen LogP contribution in [0.25, 0.3) is 0 Å². The quantitative estimate of drug-likeness (QED) is 0.834. The molecule has 0 aromatic heterocycles. The van der Waals surface area contributed by atoms with Gasteiger partial charge in [-0.25, -0.2) is 4.79 Å². The Bertz CT molecular complexity index is 778. The molecule has 0 bridgehead atoms. The SMILES string of the molecule is CC(CN(C)C1c2ccccc2CCc2ccccc21)NC(=O)OC(C)(C)C. The average Bonchev–Trinajstić information content (AvgIpc) is 2.76. The van der Waals surface area contributed by atoms with Crippen molar-refractivity contribution in [1.82, 2.24) is 10.2 Å². The number of hydrogen-bond donors (Lipinski definition) is 1. The van der Waals surface area contributed by atoms with Gasteiger partial charge in [-0.2, -0.15) is 0 Å². The van der Waals surface area contributed by atoms with E-state index in [4.69, 9.17) is 4.74 Å². The molecule has 4 nitrogen and oxygen atoms in total. The van der Waals surface area contributed by atoms with Gasteiger partial charge in [0.05, 0.1) is 6.04 Å². The number of hydrogen-bond acceptors (Lipinski definition) is 3. The molecule has 2 aromatic rings. The Labute approximate surface area is 168 Å². The summed E-state index contributed by atoms with van der Waals surface area (Å²) in [4.78, 5) is 14.5. The lowest BCUT2D eigenvalue weighted by Gasteiger charge is -2.32. The Hall–Kier alpha value is -2.33. The number of alkyl carbamates (subject to hydrolysis) is 1. The number of fused-ring (bicyclic) bond motifs is 2. The molecule has 0 spiro atoms. The van der Waals surface area contributed by atoms with Gasteiger partial charge in [-0.05, 0) is 69.8 Å². The van der Waals surface area contributed by atoms with E-state index in [0.29, 0.717) is 0 Å². The first-order valence-corrected chi connectivity index (χ1v) is 10.1. The Morgan fingerprint density at radius 1 is 1.07 bits per heavy atom. The summed E-state index contributed by atoms with van der Waals surface area (Å²) in [5.74, 6) is 0. The molecular formula is C24H32N2O2. The fourth-order valence-electron chi connectivity index (χ4n) is 4.06. The first-order valence-electron chi connectivity index (χ1n) is 10.1. The third kappa shape index (κ3) is 4.93. The van der Waals surface area contributed by atoms with E-state index < -0.39 is 5.60 Å². The number of ether oxygens (including phenoxy) is 1. The number of aryl methyl sites for hydroxylation is 2. The summed E-state index contributed by atoms with van der Waals surface area (Å²) in [5.41, 5.74) is 5.04. The van der Waals surface area contributed by atoms with Crippen LogP contribution in [0.15, 0.2) is 48.5 Å². The molecular weight excluding hydrogens is 348 g/mol. The number of likely N-dealkylation sites (N-methyl/N-ethyl adjacent to an activating group) is 1. The molecule has 0 fully saturated rings. The molecule has 0 saturated heterocycles. The maximum absolute atomic E-state index is 12.1. The summed E-state index contributed by atoms with van der Waals surface area (Å²) in [6, 6.07) is 17.6. The summed E-state index contributed by atoms with van der Waals surface area (Å²) in [6.45, 7) is 8.38. The molecule has 1 aliphatic carbocycles. The average molecular weight is 381 g/mol. The van der Waals surface area contributed by atoms with E-state index in [9.17, 15) is 4.79 Å². The second kappa shape index (κ2) is 8.36. The molecule has 0 saturated carbocycles. The molecule has 0 aliphatic heterocycles. The van der Waals surface area contributed by atoms with Crippen LogP contribution >= 0.6 is 0 Å². The van der Waals surface area contributed by atoms with Crippen molar-refractivity contribution in [2.45, 2.75) is 58.2 Å². The standard InChI is InChI=1S/C24H32N2O2/c1-17(25-23(27)28-24(2,3)4)16-26(5)22-20-12-8-6-10-18(20)14-15-19-11-7-9-13-21(19)22/h6-13,17,22H,14-16H2,1-5H3,(H,25,27). The van der Waals surface area contributed by atoms with E-state index in [2.05, 4.69) is 65.8 Å². The molecule has 4 heteroatoms. The Morgan fingerprint density at radius 3 is 2.07 bits per heavy atom. The number of nitrogens with one attached hydrogen (secondary N) is 1. The van der Waals surface area contributed by atoms with E-state index in [1.807, 2.05) is 27.7 Å². The molecule has 1 N–H and O–H groups in total.